The lowest BCUT2D eigenvalue weighted by Gasteiger charge is -2.08. The minimum atomic E-state index is 0.690. The standard InChI is InChI=1S/C13H15NO/c1-2-4-12(5-3-1)10-15-11-13-6-8-14-9-7-13/h1-6,9H,7-8,10-11H2. The zero-order chi connectivity index (χ0) is 10.3. The molecule has 2 rings (SSSR count). The van der Waals surface area contributed by atoms with Gasteiger partial charge in [0, 0.05) is 12.6 Å². The van der Waals surface area contributed by atoms with Crippen molar-refractivity contribution in [1.82, 2.24) is 0 Å². The van der Waals surface area contributed by atoms with Crippen LogP contribution in [0, 0.1) is 0 Å². The molecule has 0 amide bonds. The lowest BCUT2D eigenvalue weighted by Crippen LogP contribution is -2.03. The number of benzene rings is 1. The van der Waals surface area contributed by atoms with Crippen LogP contribution in [-0.4, -0.2) is 19.4 Å². The van der Waals surface area contributed by atoms with Gasteiger partial charge in [0.1, 0.15) is 0 Å². The van der Waals surface area contributed by atoms with Crippen molar-refractivity contribution in [3.63, 3.8) is 0 Å². The molecule has 1 aliphatic heterocycles. The lowest BCUT2D eigenvalue weighted by molar-refractivity contribution is 0.141. The average Bonchev–Trinajstić information content (AvgIpc) is 2.32. The first kappa shape index (κ1) is 10.1. The van der Waals surface area contributed by atoms with Crippen molar-refractivity contribution in [2.75, 3.05) is 13.2 Å². The van der Waals surface area contributed by atoms with Crippen molar-refractivity contribution in [1.29, 1.82) is 0 Å². The van der Waals surface area contributed by atoms with Crippen LogP contribution in [0.25, 0.3) is 0 Å². The second-order valence-electron chi connectivity index (χ2n) is 3.59. The fraction of sp³-hybridized carbons (Fsp3) is 0.308. The molecule has 1 aliphatic rings. The fourth-order valence-corrected chi connectivity index (χ4v) is 1.51. The summed E-state index contributed by atoms with van der Waals surface area (Å²) in [4.78, 5) is 4.14. The Morgan fingerprint density at radius 3 is 2.73 bits per heavy atom. The number of rotatable bonds is 4. The zero-order valence-electron chi connectivity index (χ0n) is 8.73. The van der Waals surface area contributed by atoms with Gasteiger partial charge in [0.15, 0.2) is 0 Å². The maximum Gasteiger partial charge on any atom is 0.0721 e. The lowest BCUT2D eigenvalue weighted by atomic mass is 10.1. The summed E-state index contributed by atoms with van der Waals surface area (Å²) in [5.41, 5.74) is 2.56. The number of nitrogens with zero attached hydrogens (tertiary/aromatic N) is 1. The van der Waals surface area contributed by atoms with Crippen LogP contribution in [0.3, 0.4) is 0 Å². The molecule has 78 valence electrons. The predicted octanol–water partition coefficient (Wildman–Crippen LogP) is 2.60. The Kier molecular flexibility index (Phi) is 3.69. The van der Waals surface area contributed by atoms with E-state index in [1.165, 1.54) is 11.1 Å². The van der Waals surface area contributed by atoms with E-state index in [1.54, 1.807) is 0 Å². The van der Waals surface area contributed by atoms with Crippen LogP contribution in [0.4, 0.5) is 0 Å². The first-order valence-electron chi connectivity index (χ1n) is 5.23. The predicted molar refractivity (Wildman–Crippen MR) is 62.2 cm³/mol. The third-order valence-electron chi connectivity index (χ3n) is 2.37. The summed E-state index contributed by atoms with van der Waals surface area (Å²) in [5, 5.41) is 0. The molecule has 0 aromatic heterocycles. The summed E-state index contributed by atoms with van der Waals surface area (Å²) in [7, 11) is 0. The van der Waals surface area contributed by atoms with Crippen LogP contribution in [-0.2, 0) is 11.3 Å². The van der Waals surface area contributed by atoms with E-state index in [0.29, 0.717) is 6.61 Å². The van der Waals surface area contributed by atoms with Gasteiger partial charge in [0.05, 0.1) is 19.8 Å². The van der Waals surface area contributed by atoms with E-state index >= 15 is 0 Å². The second kappa shape index (κ2) is 5.47. The third kappa shape index (κ3) is 3.33. The molecule has 2 heteroatoms. The summed E-state index contributed by atoms with van der Waals surface area (Å²) in [6.07, 6.45) is 5.04. The molecule has 0 saturated heterocycles. The number of hydrogen-bond acceptors (Lipinski definition) is 2. The van der Waals surface area contributed by atoms with E-state index in [2.05, 4.69) is 23.2 Å². The minimum absolute atomic E-state index is 0.690. The number of aliphatic imine (C=N–C) groups is 1. The van der Waals surface area contributed by atoms with Gasteiger partial charge in [-0.1, -0.05) is 36.4 Å². The molecule has 1 aromatic carbocycles. The maximum atomic E-state index is 5.63. The van der Waals surface area contributed by atoms with Crippen LogP contribution in [0.15, 0.2) is 47.0 Å². The van der Waals surface area contributed by atoms with Gasteiger partial charge in [0.25, 0.3) is 0 Å². The van der Waals surface area contributed by atoms with Crippen LogP contribution in [0.1, 0.15) is 12.0 Å². The molecule has 2 nitrogen and oxygen atoms in total. The molecule has 15 heavy (non-hydrogen) atoms. The van der Waals surface area contributed by atoms with Crippen LogP contribution >= 0.6 is 0 Å². The van der Waals surface area contributed by atoms with E-state index in [1.807, 2.05) is 24.4 Å². The highest BCUT2D eigenvalue weighted by molar-refractivity contribution is 5.62. The summed E-state index contributed by atoms with van der Waals surface area (Å²) in [6, 6.07) is 10.2. The highest BCUT2D eigenvalue weighted by Gasteiger charge is 1.99. The Labute approximate surface area is 90.3 Å². The van der Waals surface area contributed by atoms with Crippen molar-refractivity contribution >= 4 is 6.21 Å². The Morgan fingerprint density at radius 1 is 1.13 bits per heavy atom. The second-order valence-corrected chi connectivity index (χ2v) is 3.59. The Balaban J connectivity index is 1.73. The normalized spacial score (nSPS) is 15.1. The summed E-state index contributed by atoms with van der Waals surface area (Å²) < 4.78 is 5.63. The highest BCUT2D eigenvalue weighted by atomic mass is 16.5. The van der Waals surface area contributed by atoms with Gasteiger partial charge in [-0.05, 0) is 11.1 Å². The van der Waals surface area contributed by atoms with Crippen molar-refractivity contribution in [2.45, 2.75) is 13.0 Å². The van der Waals surface area contributed by atoms with Gasteiger partial charge < -0.3 is 4.74 Å². The summed E-state index contributed by atoms with van der Waals surface area (Å²) >= 11 is 0. The molecule has 0 atom stereocenters. The molecule has 0 unspecified atom stereocenters. The molecule has 0 radical (unpaired) electrons. The largest absolute Gasteiger partial charge is 0.372 e. The quantitative estimate of drug-likeness (QED) is 0.686. The van der Waals surface area contributed by atoms with Gasteiger partial charge in [-0.15, -0.1) is 0 Å². The van der Waals surface area contributed by atoms with E-state index in [0.717, 1.165) is 19.6 Å². The topological polar surface area (TPSA) is 21.6 Å². The summed E-state index contributed by atoms with van der Waals surface area (Å²) in [5.74, 6) is 0. The van der Waals surface area contributed by atoms with Gasteiger partial charge in [0.2, 0.25) is 0 Å². The Morgan fingerprint density at radius 2 is 2.00 bits per heavy atom. The SMILES string of the molecule is C1=NCC=C(COCc2ccccc2)C1. The zero-order valence-corrected chi connectivity index (χ0v) is 8.73. The van der Waals surface area contributed by atoms with E-state index in [-0.39, 0.29) is 0 Å². The molecular weight excluding hydrogens is 186 g/mol. The molecule has 0 aliphatic carbocycles. The van der Waals surface area contributed by atoms with Crippen molar-refractivity contribution in [2.24, 2.45) is 4.99 Å². The van der Waals surface area contributed by atoms with E-state index < -0.39 is 0 Å². The summed E-state index contributed by atoms with van der Waals surface area (Å²) in [6.45, 7) is 2.22. The molecule has 0 N–H and O–H groups in total. The number of hydrogen-bond donors (Lipinski definition) is 0. The first-order valence-corrected chi connectivity index (χ1v) is 5.23. The Bertz CT molecular complexity index is 354. The van der Waals surface area contributed by atoms with Crippen molar-refractivity contribution in [3.05, 3.63) is 47.5 Å². The van der Waals surface area contributed by atoms with Crippen LogP contribution in [0.5, 0.6) is 0 Å². The molecule has 0 saturated carbocycles. The fourth-order valence-electron chi connectivity index (χ4n) is 1.51. The van der Waals surface area contributed by atoms with E-state index in [4.69, 9.17) is 4.74 Å². The maximum absolute atomic E-state index is 5.63. The molecule has 1 aromatic rings. The molecular formula is C13H15NO. The molecule has 1 heterocycles. The van der Waals surface area contributed by atoms with E-state index in [9.17, 15) is 0 Å². The van der Waals surface area contributed by atoms with Crippen molar-refractivity contribution < 1.29 is 4.74 Å². The third-order valence-corrected chi connectivity index (χ3v) is 2.37. The number of dihydropyridines is 1. The monoisotopic (exact) mass is 201 g/mol. The van der Waals surface area contributed by atoms with Crippen LogP contribution < -0.4 is 0 Å². The van der Waals surface area contributed by atoms with Crippen LogP contribution in [0.2, 0.25) is 0 Å². The first-order chi connectivity index (χ1) is 7.45. The van der Waals surface area contributed by atoms with Gasteiger partial charge in [-0.2, -0.15) is 0 Å². The molecule has 0 fully saturated rings. The van der Waals surface area contributed by atoms with Crippen molar-refractivity contribution in [3.8, 4) is 0 Å². The van der Waals surface area contributed by atoms with Gasteiger partial charge in [-0.25, -0.2) is 0 Å². The molecule has 0 bridgehead atoms. The smallest absolute Gasteiger partial charge is 0.0721 e. The Hall–Kier alpha value is -1.41. The molecule has 0 spiro atoms. The minimum Gasteiger partial charge on any atom is -0.372 e. The highest BCUT2D eigenvalue weighted by Crippen LogP contribution is 2.07. The average molecular weight is 201 g/mol. The van der Waals surface area contributed by atoms with Gasteiger partial charge >= 0.3 is 0 Å². The number of ether oxygens (including phenoxy) is 1. The van der Waals surface area contributed by atoms with Gasteiger partial charge in [-0.3, -0.25) is 4.99 Å².